The van der Waals surface area contributed by atoms with Gasteiger partial charge in [-0.05, 0) is 79.6 Å². The predicted octanol–water partition coefficient (Wildman–Crippen LogP) is 3.04. The molecule has 1 aliphatic rings. The molecule has 1 aliphatic carbocycles. The van der Waals surface area contributed by atoms with E-state index >= 15 is 0 Å². The minimum atomic E-state index is -3.08. The zero-order valence-electron chi connectivity index (χ0n) is 20.6. The summed E-state index contributed by atoms with van der Waals surface area (Å²) >= 11 is 0. The molecule has 1 aromatic rings. The van der Waals surface area contributed by atoms with Crippen LogP contribution in [0.15, 0.2) is 42.5 Å². The average Bonchev–Trinajstić information content (AvgIpc) is 3.08. The first-order chi connectivity index (χ1) is 16.7. The monoisotopic (exact) mass is 527 g/mol. The van der Waals surface area contributed by atoms with Crippen molar-refractivity contribution in [1.82, 2.24) is 5.32 Å². The van der Waals surface area contributed by atoms with E-state index in [1.807, 2.05) is 30.4 Å². The number of amides is 1. The van der Waals surface area contributed by atoms with Crippen molar-refractivity contribution >= 4 is 25.6 Å². The summed E-state index contributed by atoms with van der Waals surface area (Å²) in [4.78, 5) is 11.8. The first-order valence-corrected chi connectivity index (χ1v) is 15.9. The number of aliphatic hydroxyl groups is 3. The number of nitrogens with one attached hydrogen (secondary N) is 1. The van der Waals surface area contributed by atoms with Crippen LogP contribution in [0.2, 0.25) is 0 Å². The maximum Gasteiger partial charge on any atom is 0.220 e. The molecule has 0 unspecified atom stereocenters. The largest absolute Gasteiger partial charge is 0.393 e. The van der Waals surface area contributed by atoms with Crippen molar-refractivity contribution in [2.45, 2.75) is 76.1 Å². The van der Waals surface area contributed by atoms with Crippen molar-refractivity contribution < 1.29 is 28.5 Å². The maximum atomic E-state index is 11.8. The smallest absolute Gasteiger partial charge is 0.220 e. The molecular weight excluding hydrogens is 486 g/mol. The van der Waals surface area contributed by atoms with Crippen LogP contribution in [0.3, 0.4) is 0 Å². The number of rotatable bonds is 16. The molecule has 198 valence electrons. The van der Waals surface area contributed by atoms with E-state index in [-0.39, 0.29) is 17.7 Å². The number of unbranched alkanes of at least 4 members (excludes halogenated alkanes) is 1. The highest BCUT2D eigenvalue weighted by atomic mass is 33.1. The van der Waals surface area contributed by atoms with Crippen LogP contribution in [0.1, 0.15) is 56.9 Å². The van der Waals surface area contributed by atoms with Gasteiger partial charge in [0.25, 0.3) is 0 Å². The lowest BCUT2D eigenvalue weighted by molar-refractivity contribution is -0.121. The van der Waals surface area contributed by atoms with Crippen molar-refractivity contribution in [3.8, 4) is 0 Å². The Hall–Kier alpha value is -1.39. The molecule has 0 heterocycles. The maximum absolute atomic E-state index is 11.8. The van der Waals surface area contributed by atoms with Crippen LogP contribution in [-0.4, -0.2) is 66.5 Å². The van der Waals surface area contributed by atoms with Crippen LogP contribution in [0.5, 0.6) is 0 Å². The summed E-state index contributed by atoms with van der Waals surface area (Å²) in [6, 6.07) is 10.1. The number of benzene rings is 1. The summed E-state index contributed by atoms with van der Waals surface area (Å²) in [6.45, 7) is 0.330. The third-order valence-electron chi connectivity index (χ3n) is 6.53. The molecule has 2 rings (SSSR count). The Morgan fingerprint density at radius 2 is 1.86 bits per heavy atom. The van der Waals surface area contributed by atoms with Crippen LogP contribution in [0.25, 0.3) is 0 Å². The highest BCUT2D eigenvalue weighted by Gasteiger charge is 2.40. The van der Waals surface area contributed by atoms with Gasteiger partial charge in [-0.2, -0.15) is 0 Å². The zero-order valence-corrected chi connectivity index (χ0v) is 22.2. The van der Waals surface area contributed by atoms with E-state index in [1.165, 1.54) is 5.56 Å². The summed E-state index contributed by atoms with van der Waals surface area (Å²) in [6.07, 6.45) is 9.31. The average molecular weight is 528 g/mol. The number of allylic oxidation sites excluding steroid dienone is 2. The van der Waals surface area contributed by atoms with Crippen molar-refractivity contribution in [1.29, 1.82) is 0 Å². The molecule has 7 nitrogen and oxygen atoms in total. The molecule has 1 aromatic carbocycles. The van der Waals surface area contributed by atoms with Crippen LogP contribution in [0, 0.1) is 11.8 Å². The number of hydrogen-bond donors (Lipinski definition) is 4. The highest BCUT2D eigenvalue weighted by Crippen LogP contribution is 2.38. The molecule has 4 N–H and O–H groups in total. The third kappa shape index (κ3) is 12.4. The summed E-state index contributed by atoms with van der Waals surface area (Å²) in [5.74, 6) is 0.188. The lowest BCUT2D eigenvalue weighted by atomic mass is 9.85. The fraction of sp³-hybridized carbons (Fsp3) is 0.654. The Morgan fingerprint density at radius 1 is 1.14 bits per heavy atom. The fourth-order valence-electron chi connectivity index (χ4n) is 4.64. The van der Waals surface area contributed by atoms with Crippen molar-refractivity contribution in [2.75, 3.05) is 18.6 Å². The Labute approximate surface area is 213 Å². The topological polar surface area (TPSA) is 124 Å². The molecule has 0 aliphatic heterocycles. The molecule has 35 heavy (non-hydrogen) atoms. The first-order valence-electron chi connectivity index (χ1n) is 12.5. The van der Waals surface area contributed by atoms with Gasteiger partial charge in [0.2, 0.25) is 5.91 Å². The summed E-state index contributed by atoms with van der Waals surface area (Å²) in [5.41, 5.74) is 1.20. The third-order valence-corrected chi connectivity index (χ3v) is 9.12. The molecular formula is C26H41NO6S2. The van der Waals surface area contributed by atoms with Gasteiger partial charge in [-0.1, -0.05) is 42.5 Å². The van der Waals surface area contributed by atoms with Crippen LogP contribution in [0.4, 0.5) is 0 Å². The molecule has 0 spiro atoms. The first kappa shape index (κ1) is 29.8. The minimum Gasteiger partial charge on any atom is -0.393 e. The van der Waals surface area contributed by atoms with E-state index < -0.39 is 27.2 Å². The Bertz CT molecular complexity index is 877. The lowest BCUT2D eigenvalue weighted by Gasteiger charge is -2.23. The van der Waals surface area contributed by atoms with Gasteiger partial charge in [0, 0.05) is 25.0 Å². The van der Waals surface area contributed by atoms with Crippen molar-refractivity contribution in [3.05, 3.63) is 48.0 Å². The summed E-state index contributed by atoms with van der Waals surface area (Å²) in [7, 11) is -2.26. The van der Waals surface area contributed by atoms with Crippen molar-refractivity contribution in [3.63, 3.8) is 0 Å². The summed E-state index contributed by atoms with van der Waals surface area (Å²) in [5, 5.41) is 34.0. The van der Waals surface area contributed by atoms with Gasteiger partial charge in [0.05, 0.1) is 18.3 Å². The van der Waals surface area contributed by atoms with E-state index in [0.717, 1.165) is 29.9 Å². The highest BCUT2D eigenvalue weighted by molar-refractivity contribution is 8.71. The SMILES string of the molecule is CS(=O)(=O)SCCNC(=O)CCC/C=C\C[C@@H]1[C@@H](CC[C@@H](O)CCc2ccccc2)[C@H](O)C[C@H]1O. The second-order valence-corrected chi connectivity index (χ2v) is 14.0. The van der Waals surface area contributed by atoms with Crippen LogP contribution in [-0.2, 0) is 20.1 Å². The Morgan fingerprint density at radius 3 is 2.57 bits per heavy atom. The quantitative estimate of drug-likeness (QED) is 0.148. The van der Waals surface area contributed by atoms with Crippen LogP contribution >= 0.6 is 10.8 Å². The molecule has 1 saturated carbocycles. The molecule has 0 bridgehead atoms. The number of hydrogen-bond acceptors (Lipinski definition) is 7. The predicted molar refractivity (Wildman–Crippen MR) is 142 cm³/mol. The molecule has 9 heteroatoms. The normalized spacial score (nSPS) is 23.5. The van der Waals surface area contributed by atoms with Gasteiger partial charge in [-0.15, -0.1) is 0 Å². The van der Waals surface area contributed by atoms with Crippen LogP contribution < -0.4 is 5.32 Å². The lowest BCUT2D eigenvalue weighted by Crippen LogP contribution is -2.25. The van der Waals surface area contributed by atoms with Gasteiger partial charge in [0.15, 0.2) is 8.87 Å². The zero-order chi connectivity index (χ0) is 25.7. The summed E-state index contributed by atoms with van der Waals surface area (Å²) < 4.78 is 22.1. The second kappa shape index (κ2) is 15.7. The van der Waals surface area contributed by atoms with Gasteiger partial charge in [0.1, 0.15) is 0 Å². The minimum absolute atomic E-state index is 0.0294. The molecule has 1 amide bonds. The number of aryl methyl sites for hydroxylation is 1. The van der Waals surface area contributed by atoms with E-state index in [9.17, 15) is 28.5 Å². The molecule has 5 atom stereocenters. The number of carbonyl (C=O) groups is 1. The van der Waals surface area contributed by atoms with Gasteiger partial charge in [-0.3, -0.25) is 4.79 Å². The van der Waals surface area contributed by atoms with E-state index in [0.29, 0.717) is 57.2 Å². The molecule has 0 radical (unpaired) electrons. The van der Waals surface area contributed by atoms with E-state index in [4.69, 9.17) is 0 Å². The van der Waals surface area contributed by atoms with Gasteiger partial charge >= 0.3 is 0 Å². The standard InChI is InChI=1S/C26H41NO6S2/c1-35(32,33)34-18-17-27-26(31)12-8-3-2-7-11-22-23(25(30)19-24(22)29)16-15-21(28)14-13-20-9-5-4-6-10-20/h2,4-7,9-10,21-25,28-30H,3,8,11-19H2,1H3,(H,27,31)/b7-2-/t21-,22+,23+,24+,25+/m0/s1. The van der Waals surface area contributed by atoms with Crippen molar-refractivity contribution in [2.24, 2.45) is 11.8 Å². The number of aliphatic hydroxyl groups excluding tert-OH is 3. The molecule has 1 fully saturated rings. The van der Waals surface area contributed by atoms with Gasteiger partial charge < -0.3 is 20.6 Å². The Balaban J connectivity index is 1.64. The number of carbonyl (C=O) groups excluding carboxylic acids is 1. The molecule has 0 saturated heterocycles. The Kier molecular flexibility index (Phi) is 13.4. The fourth-order valence-corrected chi connectivity index (χ4v) is 6.28. The van der Waals surface area contributed by atoms with E-state index in [2.05, 4.69) is 17.4 Å². The second-order valence-electron chi connectivity index (χ2n) is 9.43. The molecule has 0 aromatic heterocycles. The van der Waals surface area contributed by atoms with Gasteiger partial charge in [-0.25, -0.2) is 8.42 Å². The van der Waals surface area contributed by atoms with E-state index in [1.54, 1.807) is 0 Å².